The minimum atomic E-state index is -0.204. The molecular weight excluding hydrogens is 234 g/mol. The molecule has 0 bridgehead atoms. The van der Waals surface area contributed by atoms with E-state index >= 15 is 0 Å². The van der Waals surface area contributed by atoms with Crippen molar-refractivity contribution in [3.8, 4) is 0 Å². The summed E-state index contributed by atoms with van der Waals surface area (Å²) in [7, 11) is 1.58. The van der Waals surface area contributed by atoms with E-state index in [2.05, 4.69) is 27.6 Å². The third-order valence-electron chi connectivity index (χ3n) is 2.33. The molecule has 5 N–H and O–H groups in total. The Hall–Kier alpha value is -1.44. The molecule has 1 heterocycles. The molecule has 0 saturated carbocycles. The predicted molar refractivity (Wildman–Crippen MR) is 70.2 cm³/mol. The number of nitrogens with two attached hydrogens (primary N) is 1. The average Bonchev–Trinajstić information content (AvgIpc) is 2.38. The minimum Gasteiger partial charge on any atom is -0.394 e. The molecule has 102 valence electrons. The summed E-state index contributed by atoms with van der Waals surface area (Å²) in [4.78, 5) is 8.60. The lowest BCUT2D eigenvalue weighted by Crippen LogP contribution is -2.29. The SMILES string of the molecule is CCCc1nc(NN)cc(NC(CO)COC)n1. The lowest BCUT2D eigenvalue weighted by Gasteiger charge is -2.16. The van der Waals surface area contributed by atoms with E-state index in [1.54, 1.807) is 13.2 Å². The average molecular weight is 255 g/mol. The highest BCUT2D eigenvalue weighted by Crippen LogP contribution is 2.12. The number of hydrogen-bond acceptors (Lipinski definition) is 7. The fourth-order valence-corrected chi connectivity index (χ4v) is 1.53. The summed E-state index contributed by atoms with van der Waals surface area (Å²) in [5, 5.41) is 12.3. The quantitative estimate of drug-likeness (QED) is 0.386. The van der Waals surface area contributed by atoms with Crippen LogP contribution in [0.3, 0.4) is 0 Å². The maximum absolute atomic E-state index is 9.19. The highest BCUT2D eigenvalue weighted by atomic mass is 16.5. The Morgan fingerprint density at radius 3 is 2.72 bits per heavy atom. The number of hydrazine groups is 1. The van der Waals surface area contributed by atoms with Gasteiger partial charge in [0.25, 0.3) is 0 Å². The van der Waals surface area contributed by atoms with Gasteiger partial charge in [0, 0.05) is 19.6 Å². The summed E-state index contributed by atoms with van der Waals surface area (Å²) in [6, 6.07) is 1.49. The van der Waals surface area contributed by atoms with Crippen LogP contribution < -0.4 is 16.6 Å². The molecule has 18 heavy (non-hydrogen) atoms. The van der Waals surface area contributed by atoms with E-state index in [-0.39, 0.29) is 12.6 Å². The van der Waals surface area contributed by atoms with Crippen molar-refractivity contribution in [1.29, 1.82) is 0 Å². The number of nitrogens with zero attached hydrogens (tertiary/aromatic N) is 2. The third kappa shape index (κ3) is 4.44. The lowest BCUT2D eigenvalue weighted by atomic mass is 10.3. The molecule has 0 fully saturated rings. The van der Waals surface area contributed by atoms with Crippen LogP contribution in [0.2, 0.25) is 0 Å². The first-order chi connectivity index (χ1) is 8.73. The van der Waals surface area contributed by atoms with E-state index in [1.165, 1.54) is 0 Å². The number of anilines is 2. The number of aliphatic hydroxyl groups excluding tert-OH is 1. The van der Waals surface area contributed by atoms with Gasteiger partial charge in [0.1, 0.15) is 17.5 Å². The Labute approximate surface area is 107 Å². The second-order valence-electron chi connectivity index (χ2n) is 3.93. The summed E-state index contributed by atoms with van der Waals surface area (Å²) >= 11 is 0. The highest BCUT2D eigenvalue weighted by Gasteiger charge is 2.09. The zero-order chi connectivity index (χ0) is 13.4. The van der Waals surface area contributed by atoms with Gasteiger partial charge in [0.15, 0.2) is 0 Å². The number of methoxy groups -OCH3 is 1. The Balaban J connectivity index is 2.82. The summed E-state index contributed by atoms with van der Waals surface area (Å²) < 4.78 is 5.00. The highest BCUT2D eigenvalue weighted by molar-refractivity contribution is 5.47. The number of rotatable bonds is 8. The van der Waals surface area contributed by atoms with Crippen molar-refractivity contribution >= 4 is 11.6 Å². The van der Waals surface area contributed by atoms with Crippen LogP contribution in [0.15, 0.2) is 6.07 Å². The van der Waals surface area contributed by atoms with Gasteiger partial charge in [-0.05, 0) is 6.42 Å². The van der Waals surface area contributed by atoms with E-state index in [0.29, 0.717) is 24.1 Å². The van der Waals surface area contributed by atoms with E-state index in [0.717, 1.165) is 12.8 Å². The lowest BCUT2D eigenvalue weighted by molar-refractivity contribution is 0.153. The normalized spacial score (nSPS) is 12.2. The summed E-state index contributed by atoms with van der Waals surface area (Å²) in [6.07, 6.45) is 1.73. The fourth-order valence-electron chi connectivity index (χ4n) is 1.53. The molecule has 1 aromatic rings. The minimum absolute atomic E-state index is 0.0354. The van der Waals surface area contributed by atoms with Crippen molar-refractivity contribution in [2.24, 2.45) is 5.84 Å². The van der Waals surface area contributed by atoms with Gasteiger partial charge in [-0.15, -0.1) is 0 Å². The molecule has 0 spiro atoms. The Morgan fingerprint density at radius 1 is 1.44 bits per heavy atom. The molecule has 0 aliphatic rings. The van der Waals surface area contributed by atoms with Crippen molar-refractivity contribution in [3.05, 3.63) is 11.9 Å². The maximum atomic E-state index is 9.19. The Bertz CT molecular complexity index is 361. The van der Waals surface area contributed by atoms with Crippen molar-refractivity contribution in [2.45, 2.75) is 25.8 Å². The number of aryl methyl sites for hydroxylation is 1. The Kier molecular flexibility index (Phi) is 6.34. The van der Waals surface area contributed by atoms with Gasteiger partial charge in [-0.3, -0.25) is 0 Å². The molecule has 7 nitrogen and oxygen atoms in total. The van der Waals surface area contributed by atoms with E-state index in [9.17, 15) is 5.11 Å². The summed E-state index contributed by atoms with van der Waals surface area (Å²) in [6.45, 7) is 2.42. The second kappa shape index (κ2) is 7.80. The van der Waals surface area contributed by atoms with E-state index in [4.69, 9.17) is 10.6 Å². The van der Waals surface area contributed by atoms with Crippen LogP contribution in [0.1, 0.15) is 19.2 Å². The van der Waals surface area contributed by atoms with Gasteiger partial charge in [-0.1, -0.05) is 6.92 Å². The van der Waals surface area contributed by atoms with Crippen LogP contribution in [0.4, 0.5) is 11.6 Å². The molecule has 0 aliphatic carbocycles. The fraction of sp³-hybridized carbons (Fsp3) is 0.636. The molecule has 1 rings (SSSR count). The first-order valence-corrected chi connectivity index (χ1v) is 5.94. The van der Waals surface area contributed by atoms with Crippen molar-refractivity contribution in [1.82, 2.24) is 9.97 Å². The second-order valence-corrected chi connectivity index (χ2v) is 3.93. The van der Waals surface area contributed by atoms with Crippen LogP contribution in [-0.2, 0) is 11.2 Å². The number of hydrogen-bond donors (Lipinski definition) is 4. The number of aromatic nitrogens is 2. The zero-order valence-corrected chi connectivity index (χ0v) is 10.8. The number of aliphatic hydroxyl groups is 1. The predicted octanol–water partition coefficient (Wildman–Crippen LogP) is 0.134. The zero-order valence-electron chi connectivity index (χ0n) is 10.8. The van der Waals surface area contributed by atoms with Crippen LogP contribution in [0.25, 0.3) is 0 Å². The molecule has 7 heteroatoms. The van der Waals surface area contributed by atoms with Crippen LogP contribution >= 0.6 is 0 Å². The van der Waals surface area contributed by atoms with Crippen molar-refractivity contribution < 1.29 is 9.84 Å². The number of nitrogens with one attached hydrogen (secondary N) is 2. The van der Waals surface area contributed by atoms with Crippen LogP contribution in [0, 0.1) is 0 Å². The largest absolute Gasteiger partial charge is 0.394 e. The standard InChI is InChI=1S/C11H21N5O2/c1-3-4-9-14-10(5-11(15-9)16-12)13-8(6-17)7-18-2/h5,8,17H,3-4,6-7,12H2,1-2H3,(H2,13,14,15,16). The smallest absolute Gasteiger partial charge is 0.145 e. The first-order valence-electron chi connectivity index (χ1n) is 5.94. The Morgan fingerprint density at radius 2 is 2.17 bits per heavy atom. The summed E-state index contributed by atoms with van der Waals surface area (Å²) in [5.74, 6) is 7.25. The van der Waals surface area contributed by atoms with Crippen LogP contribution in [-0.4, -0.2) is 41.4 Å². The van der Waals surface area contributed by atoms with Gasteiger partial charge in [0.2, 0.25) is 0 Å². The van der Waals surface area contributed by atoms with Crippen molar-refractivity contribution in [2.75, 3.05) is 31.1 Å². The van der Waals surface area contributed by atoms with E-state index in [1.807, 2.05) is 0 Å². The van der Waals surface area contributed by atoms with Gasteiger partial charge >= 0.3 is 0 Å². The molecule has 0 saturated heterocycles. The van der Waals surface area contributed by atoms with Gasteiger partial charge < -0.3 is 20.6 Å². The van der Waals surface area contributed by atoms with Gasteiger partial charge in [-0.2, -0.15) is 0 Å². The number of ether oxygens (including phenoxy) is 1. The number of nitrogen functional groups attached to an aromatic ring is 1. The van der Waals surface area contributed by atoms with Crippen LogP contribution in [0.5, 0.6) is 0 Å². The molecule has 0 radical (unpaired) electrons. The topological polar surface area (TPSA) is 105 Å². The molecule has 1 aromatic heterocycles. The third-order valence-corrected chi connectivity index (χ3v) is 2.33. The molecule has 0 aromatic carbocycles. The molecule has 1 unspecified atom stereocenters. The molecule has 0 aliphatic heterocycles. The maximum Gasteiger partial charge on any atom is 0.145 e. The molecule has 1 atom stereocenters. The van der Waals surface area contributed by atoms with Crippen molar-refractivity contribution in [3.63, 3.8) is 0 Å². The van der Waals surface area contributed by atoms with E-state index < -0.39 is 0 Å². The monoisotopic (exact) mass is 255 g/mol. The first kappa shape index (κ1) is 14.6. The van der Waals surface area contributed by atoms with Gasteiger partial charge in [-0.25, -0.2) is 15.8 Å². The molecular formula is C11H21N5O2. The van der Waals surface area contributed by atoms with Gasteiger partial charge in [0.05, 0.1) is 19.3 Å². The molecule has 0 amide bonds. The summed E-state index contributed by atoms with van der Waals surface area (Å²) in [5.41, 5.74) is 2.50.